The highest BCUT2D eigenvalue weighted by Gasteiger charge is 2.16. The molecule has 0 spiro atoms. The summed E-state index contributed by atoms with van der Waals surface area (Å²) in [5, 5.41) is 18.3. The van der Waals surface area contributed by atoms with Crippen LogP contribution in [-0.2, 0) is 6.54 Å². The van der Waals surface area contributed by atoms with Crippen molar-refractivity contribution in [2.75, 3.05) is 0 Å². The first-order valence-electron chi connectivity index (χ1n) is 9.10. The molecule has 26 heavy (non-hydrogen) atoms. The number of hydrogen-bond acceptors (Lipinski definition) is 4. The van der Waals surface area contributed by atoms with Crippen LogP contribution in [0, 0.1) is 22.7 Å². The topological polar surface area (TPSA) is 86.9 Å². The Morgan fingerprint density at radius 3 is 2.85 bits per heavy atom. The molecule has 0 aromatic carbocycles. The highest BCUT2D eigenvalue weighted by Crippen LogP contribution is 2.17. The molecule has 0 amide bonds. The highest BCUT2D eigenvalue weighted by atomic mass is 16.1. The number of pyridine rings is 2. The van der Waals surface area contributed by atoms with Crippen molar-refractivity contribution in [2.45, 2.75) is 46.1 Å². The van der Waals surface area contributed by atoms with Gasteiger partial charge < -0.3 is 4.57 Å². The fourth-order valence-corrected chi connectivity index (χ4v) is 3.33. The number of nitrogens with one attached hydrogen (secondary N) is 1. The fraction of sp³-hybridized carbons (Fsp3) is 0.400. The third-order valence-electron chi connectivity index (χ3n) is 4.92. The van der Waals surface area contributed by atoms with E-state index in [0.29, 0.717) is 29.1 Å². The summed E-state index contributed by atoms with van der Waals surface area (Å²) < 4.78 is 3.22. The van der Waals surface area contributed by atoms with Crippen molar-refractivity contribution < 1.29 is 0 Å². The number of rotatable bonds is 6. The lowest BCUT2D eigenvalue weighted by molar-refractivity contribution is 0.387. The van der Waals surface area contributed by atoms with Gasteiger partial charge in [-0.05, 0) is 30.5 Å². The molecule has 0 saturated heterocycles. The Kier molecular flexibility index (Phi) is 5.17. The Morgan fingerprint density at radius 2 is 2.15 bits per heavy atom. The Labute approximate surface area is 151 Å². The van der Waals surface area contributed by atoms with Crippen LogP contribution >= 0.6 is 0 Å². The van der Waals surface area contributed by atoms with Crippen LogP contribution in [0.5, 0.6) is 0 Å². The lowest BCUT2D eigenvalue weighted by Crippen LogP contribution is -2.29. The van der Waals surface area contributed by atoms with E-state index in [4.69, 9.17) is 5.41 Å². The average molecular weight is 349 g/mol. The maximum absolute atomic E-state index is 12.9. The van der Waals surface area contributed by atoms with Gasteiger partial charge in [-0.2, -0.15) is 5.26 Å². The summed E-state index contributed by atoms with van der Waals surface area (Å²) in [4.78, 5) is 17.5. The Bertz CT molecular complexity index is 1100. The molecule has 3 aromatic rings. The molecule has 134 valence electrons. The fourth-order valence-electron chi connectivity index (χ4n) is 3.33. The molecule has 6 nitrogen and oxygen atoms in total. The standard InChI is InChI=1S/C20H23N5O/c1-3-5-8-14(4-2)13-25-18(22)15(12-21)11-16-19(25)23-17-9-6-7-10-24(17)20(16)26/h6-7,9-11,14,22H,3-5,8,13H2,1-2H3/t14-/m1/s1. The maximum Gasteiger partial charge on any atom is 0.267 e. The molecule has 0 fully saturated rings. The SMILES string of the molecule is CCCC[C@@H](CC)Cn1c(=N)c(C#N)cc2c(=O)n3ccccc3nc21. The van der Waals surface area contributed by atoms with E-state index in [-0.39, 0.29) is 16.6 Å². The normalized spacial score (nSPS) is 12.3. The number of aromatic nitrogens is 3. The molecule has 0 aliphatic rings. The summed E-state index contributed by atoms with van der Waals surface area (Å²) in [5.41, 5.74) is 1.15. The lowest BCUT2D eigenvalue weighted by atomic mass is 9.99. The van der Waals surface area contributed by atoms with Crippen LogP contribution in [0.15, 0.2) is 35.3 Å². The van der Waals surface area contributed by atoms with Gasteiger partial charge in [0.05, 0.1) is 10.9 Å². The summed E-state index contributed by atoms with van der Waals surface area (Å²) in [6.45, 7) is 4.89. The quantitative estimate of drug-likeness (QED) is 0.693. The van der Waals surface area contributed by atoms with E-state index < -0.39 is 0 Å². The van der Waals surface area contributed by atoms with Crippen molar-refractivity contribution in [3.05, 3.63) is 51.9 Å². The Morgan fingerprint density at radius 1 is 1.35 bits per heavy atom. The smallest absolute Gasteiger partial charge is 0.267 e. The summed E-state index contributed by atoms with van der Waals surface area (Å²) in [5.74, 6) is 0.386. The van der Waals surface area contributed by atoms with E-state index >= 15 is 0 Å². The van der Waals surface area contributed by atoms with E-state index in [1.165, 1.54) is 10.5 Å². The van der Waals surface area contributed by atoms with Crippen LogP contribution in [0.2, 0.25) is 0 Å². The first-order valence-corrected chi connectivity index (χ1v) is 9.10. The van der Waals surface area contributed by atoms with Crippen molar-refractivity contribution in [1.82, 2.24) is 14.0 Å². The van der Waals surface area contributed by atoms with Crippen molar-refractivity contribution >= 4 is 16.7 Å². The number of hydrogen-bond donors (Lipinski definition) is 1. The number of nitriles is 1. The molecule has 3 heterocycles. The van der Waals surface area contributed by atoms with Crippen LogP contribution in [0.3, 0.4) is 0 Å². The number of fused-ring (bicyclic) bond motifs is 2. The van der Waals surface area contributed by atoms with Crippen molar-refractivity contribution in [3.8, 4) is 6.07 Å². The van der Waals surface area contributed by atoms with Crippen LogP contribution < -0.4 is 11.0 Å². The molecule has 3 rings (SSSR count). The van der Waals surface area contributed by atoms with Gasteiger partial charge in [-0.15, -0.1) is 0 Å². The van der Waals surface area contributed by atoms with Gasteiger partial charge in [0, 0.05) is 12.7 Å². The number of nitrogens with zero attached hydrogens (tertiary/aromatic N) is 4. The zero-order valence-corrected chi connectivity index (χ0v) is 15.2. The summed E-state index contributed by atoms with van der Waals surface area (Å²) in [6, 6.07) is 8.94. The second kappa shape index (κ2) is 7.52. The third-order valence-corrected chi connectivity index (χ3v) is 4.92. The van der Waals surface area contributed by atoms with E-state index in [9.17, 15) is 10.1 Å². The van der Waals surface area contributed by atoms with Gasteiger partial charge in [0.2, 0.25) is 0 Å². The summed E-state index contributed by atoms with van der Waals surface area (Å²) in [6.07, 6.45) is 5.96. The second-order valence-corrected chi connectivity index (χ2v) is 6.63. The van der Waals surface area contributed by atoms with Gasteiger partial charge in [-0.1, -0.05) is 39.2 Å². The molecule has 0 radical (unpaired) electrons. The molecule has 0 saturated carbocycles. The molecular formula is C20H23N5O. The van der Waals surface area contributed by atoms with Gasteiger partial charge in [-0.25, -0.2) is 4.98 Å². The van der Waals surface area contributed by atoms with Gasteiger partial charge in [0.25, 0.3) is 5.56 Å². The van der Waals surface area contributed by atoms with E-state index in [1.54, 1.807) is 22.9 Å². The Balaban J connectivity index is 2.29. The first kappa shape index (κ1) is 17.9. The highest BCUT2D eigenvalue weighted by molar-refractivity contribution is 5.77. The molecule has 1 N–H and O–H groups in total. The van der Waals surface area contributed by atoms with Crippen molar-refractivity contribution in [3.63, 3.8) is 0 Å². The second-order valence-electron chi connectivity index (χ2n) is 6.63. The van der Waals surface area contributed by atoms with Crippen molar-refractivity contribution in [1.29, 1.82) is 10.7 Å². The predicted molar refractivity (Wildman–Crippen MR) is 101 cm³/mol. The lowest BCUT2D eigenvalue weighted by Gasteiger charge is -2.19. The van der Waals surface area contributed by atoms with Crippen LogP contribution in [0.4, 0.5) is 0 Å². The predicted octanol–water partition coefficient (Wildman–Crippen LogP) is 3.22. The molecule has 3 aromatic heterocycles. The minimum absolute atomic E-state index is 0.127. The molecular weight excluding hydrogens is 326 g/mol. The zero-order valence-electron chi connectivity index (χ0n) is 15.2. The van der Waals surface area contributed by atoms with E-state index in [0.717, 1.165) is 25.7 Å². The Hall–Kier alpha value is -2.94. The first-order chi connectivity index (χ1) is 12.6. The maximum atomic E-state index is 12.9. The van der Waals surface area contributed by atoms with Gasteiger partial charge in [0.15, 0.2) is 0 Å². The van der Waals surface area contributed by atoms with Crippen LogP contribution in [0.1, 0.15) is 45.1 Å². The van der Waals surface area contributed by atoms with E-state index in [2.05, 4.69) is 24.9 Å². The summed E-state index contributed by atoms with van der Waals surface area (Å²) in [7, 11) is 0. The average Bonchev–Trinajstić information content (AvgIpc) is 2.67. The molecule has 0 unspecified atom stereocenters. The van der Waals surface area contributed by atoms with Crippen molar-refractivity contribution in [2.24, 2.45) is 5.92 Å². The van der Waals surface area contributed by atoms with E-state index in [1.807, 2.05) is 6.07 Å². The molecule has 0 bridgehead atoms. The van der Waals surface area contributed by atoms with Gasteiger partial charge >= 0.3 is 0 Å². The minimum atomic E-state index is -0.211. The molecule has 1 atom stereocenters. The molecule has 6 heteroatoms. The van der Waals surface area contributed by atoms with Gasteiger partial charge in [0.1, 0.15) is 22.9 Å². The summed E-state index contributed by atoms with van der Waals surface area (Å²) >= 11 is 0. The molecule has 0 aliphatic carbocycles. The zero-order chi connectivity index (χ0) is 18.7. The van der Waals surface area contributed by atoms with Crippen LogP contribution in [-0.4, -0.2) is 14.0 Å². The van der Waals surface area contributed by atoms with Gasteiger partial charge in [-0.3, -0.25) is 14.6 Å². The largest absolute Gasteiger partial charge is 0.309 e. The number of unbranched alkanes of at least 4 members (excludes halogenated alkanes) is 1. The van der Waals surface area contributed by atoms with Crippen LogP contribution in [0.25, 0.3) is 16.7 Å². The molecule has 0 aliphatic heterocycles. The minimum Gasteiger partial charge on any atom is -0.309 e. The monoisotopic (exact) mass is 349 g/mol. The third kappa shape index (κ3) is 3.13.